The van der Waals surface area contributed by atoms with Crippen molar-refractivity contribution in [3.05, 3.63) is 35.5 Å². The van der Waals surface area contributed by atoms with E-state index in [1.165, 1.54) is 11.3 Å². The van der Waals surface area contributed by atoms with Crippen LogP contribution in [-0.4, -0.2) is 27.4 Å². The van der Waals surface area contributed by atoms with E-state index in [1.54, 1.807) is 6.92 Å². The van der Waals surface area contributed by atoms with Crippen LogP contribution in [0.5, 0.6) is 0 Å². The Hall–Kier alpha value is -2.41. The maximum atomic E-state index is 12.4. The van der Waals surface area contributed by atoms with Crippen LogP contribution in [-0.2, 0) is 16.1 Å². The highest BCUT2D eigenvalue weighted by molar-refractivity contribution is 7.14. The smallest absolute Gasteiger partial charge is 0.248 e. The van der Waals surface area contributed by atoms with Crippen molar-refractivity contribution >= 4 is 28.3 Å². The van der Waals surface area contributed by atoms with E-state index in [0.29, 0.717) is 5.13 Å². The van der Waals surface area contributed by atoms with Crippen molar-refractivity contribution in [2.45, 2.75) is 54.1 Å². The molecule has 0 radical (unpaired) electrons. The third-order valence-electron chi connectivity index (χ3n) is 4.32. The molecular formula is C20H28N4O2S. The van der Waals surface area contributed by atoms with E-state index in [1.807, 2.05) is 39.2 Å². The van der Waals surface area contributed by atoms with Crippen LogP contribution in [0.2, 0.25) is 0 Å². The number of anilines is 1. The van der Waals surface area contributed by atoms with Crippen LogP contribution in [0.4, 0.5) is 5.13 Å². The molecule has 7 heteroatoms. The zero-order chi connectivity index (χ0) is 20.4. The average Bonchev–Trinajstić information content (AvgIpc) is 3.13. The van der Waals surface area contributed by atoms with Gasteiger partial charge in [0.2, 0.25) is 11.8 Å². The van der Waals surface area contributed by atoms with E-state index in [2.05, 4.69) is 39.8 Å². The van der Waals surface area contributed by atoms with Gasteiger partial charge in [-0.1, -0.05) is 26.8 Å². The van der Waals surface area contributed by atoms with Crippen molar-refractivity contribution in [2.24, 2.45) is 5.41 Å². The van der Waals surface area contributed by atoms with Crippen molar-refractivity contribution < 1.29 is 9.59 Å². The summed E-state index contributed by atoms with van der Waals surface area (Å²) in [5, 5.41) is 7.95. The summed E-state index contributed by atoms with van der Waals surface area (Å²) < 4.78 is 2.17. The molecule has 0 saturated heterocycles. The molecule has 2 aromatic rings. The molecule has 0 unspecified atom stereocenters. The SMILES string of the molecule is C=CCn1c(C)cc(-c2csc(NC(=O)[C@@H](C)NC(=O)C(C)(C)C)n2)c1C. The number of carbonyl (C=O) groups excluding carboxylic acids is 2. The second-order valence-corrected chi connectivity index (χ2v) is 8.51. The van der Waals surface area contributed by atoms with E-state index < -0.39 is 11.5 Å². The lowest BCUT2D eigenvalue weighted by molar-refractivity contribution is -0.131. The Labute approximate surface area is 164 Å². The number of hydrogen-bond donors (Lipinski definition) is 2. The molecule has 0 spiro atoms. The normalized spacial score (nSPS) is 12.5. The van der Waals surface area contributed by atoms with Crippen LogP contribution in [0, 0.1) is 19.3 Å². The molecular weight excluding hydrogens is 360 g/mol. The number of amides is 2. The summed E-state index contributed by atoms with van der Waals surface area (Å²) in [6.07, 6.45) is 1.86. The first-order chi connectivity index (χ1) is 12.5. The minimum Gasteiger partial charge on any atom is -0.345 e. The Kier molecular flexibility index (Phi) is 6.26. The highest BCUT2D eigenvalue weighted by atomic mass is 32.1. The molecule has 0 fully saturated rings. The van der Waals surface area contributed by atoms with Crippen LogP contribution in [0.1, 0.15) is 39.1 Å². The predicted molar refractivity (Wildman–Crippen MR) is 111 cm³/mol. The number of nitrogens with one attached hydrogen (secondary N) is 2. The maximum Gasteiger partial charge on any atom is 0.248 e. The molecule has 1 atom stereocenters. The van der Waals surface area contributed by atoms with Gasteiger partial charge in [-0.3, -0.25) is 9.59 Å². The van der Waals surface area contributed by atoms with Crippen LogP contribution in [0.25, 0.3) is 11.3 Å². The number of aromatic nitrogens is 2. The van der Waals surface area contributed by atoms with Gasteiger partial charge in [-0.2, -0.15) is 0 Å². The molecule has 0 aliphatic heterocycles. The topological polar surface area (TPSA) is 76.0 Å². The Morgan fingerprint density at radius 2 is 2.04 bits per heavy atom. The van der Waals surface area contributed by atoms with Crippen LogP contribution < -0.4 is 10.6 Å². The Morgan fingerprint density at radius 3 is 2.63 bits per heavy atom. The molecule has 146 valence electrons. The maximum absolute atomic E-state index is 12.4. The zero-order valence-corrected chi connectivity index (χ0v) is 17.7. The van der Waals surface area contributed by atoms with Gasteiger partial charge >= 0.3 is 0 Å². The molecule has 0 bridgehead atoms. The summed E-state index contributed by atoms with van der Waals surface area (Å²) >= 11 is 1.37. The number of thiazole rings is 1. The van der Waals surface area contributed by atoms with E-state index in [0.717, 1.165) is 29.2 Å². The van der Waals surface area contributed by atoms with E-state index in [4.69, 9.17) is 0 Å². The Bertz CT molecular complexity index is 858. The highest BCUT2D eigenvalue weighted by Gasteiger charge is 2.25. The number of hydrogen-bond acceptors (Lipinski definition) is 4. The third-order valence-corrected chi connectivity index (χ3v) is 5.08. The fourth-order valence-corrected chi connectivity index (χ4v) is 3.33. The van der Waals surface area contributed by atoms with Crippen LogP contribution >= 0.6 is 11.3 Å². The second-order valence-electron chi connectivity index (χ2n) is 7.66. The molecule has 0 aliphatic rings. The molecule has 2 heterocycles. The van der Waals surface area contributed by atoms with Crippen LogP contribution in [0.3, 0.4) is 0 Å². The van der Waals surface area contributed by atoms with Gasteiger partial charge in [-0.05, 0) is 26.8 Å². The summed E-state index contributed by atoms with van der Waals surface area (Å²) in [6, 6.07) is 1.45. The van der Waals surface area contributed by atoms with Crippen molar-refractivity contribution in [1.29, 1.82) is 0 Å². The highest BCUT2D eigenvalue weighted by Crippen LogP contribution is 2.30. The molecule has 0 aromatic carbocycles. The molecule has 2 amide bonds. The fourth-order valence-electron chi connectivity index (χ4n) is 2.62. The van der Waals surface area contributed by atoms with Crippen molar-refractivity contribution in [1.82, 2.24) is 14.9 Å². The predicted octanol–water partition coefficient (Wildman–Crippen LogP) is 3.90. The summed E-state index contributed by atoms with van der Waals surface area (Å²) in [5.74, 6) is -0.453. The average molecular weight is 389 g/mol. The fraction of sp³-hybridized carbons (Fsp3) is 0.450. The van der Waals surface area contributed by atoms with E-state index in [9.17, 15) is 9.59 Å². The van der Waals surface area contributed by atoms with Crippen molar-refractivity contribution in [3.63, 3.8) is 0 Å². The van der Waals surface area contributed by atoms with Crippen molar-refractivity contribution in [3.8, 4) is 11.3 Å². The zero-order valence-electron chi connectivity index (χ0n) is 16.8. The first kappa shape index (κ1) is 20.9. The van der Waals surface area contributed by atoms with E-state index in [-0.39, 0.29) is 11.8 Å². The van der Waals surface area contributed by atoms with Gasteiger partial charge in [0.15, 0.2) is 5.13 Å². The molecule has 2 N–H and O–H groups in total. The van der Waals surface area contributed by atoms with Crippen LogP contribution in [0.15, 0.2) is 24.1 Å². The minimum absolute atomic E-state index is 0.167. The van der Waals surface area contributed by atoms with Gasteiger partial charge in [-0.15, -0.1) is 17.9 Å². The number of allylic oxidation sites excluding steroid dienone is 1. The first-order valence-electron chi connectivity index (χ1n) is 8.90. The molecule has 0 saturated carbocycles. The summed E-state index contributed by atoms with van der Waals surface area (Å²) in [7, 11) is 0. The number of aryl methyl sites for hydroxylation is 1. The van der Waals surface area contributed by atoms with E-state index >= 15 is 0 Å². The number of nitrogens with zero attached hydrogens (tertiary/aromatic N) is 2. The van der Waals surface area contributed by atoms with Gasteiger partial charge < -0.3 is 15.2 Å². The molecule has 2 aromatic heterocycles. The third kappa shape index (κ3) is 4.86. The van der Waals surface area contributed by atoms with Crippen molar-refractivity contribution in [2.75, 3.05) is 5.32 Å². The second kappa shape index (κ2) is 8.08. The summed E-state index contributed by atoms with van der Waals surface area (Å²) in [6.45, 7) is 15.7. The Morgan fingerprint density at radius 1 is 1.37 bits per heavy atom. The lowest BCUT2D eigenvalue weighted by Gasteiger charge is -2.21. The molecule has 2 rings (SSSR count). The molecule has 6 nitrogen and oxygen atoms in total. The quantitative estimate of drug-likeness (QED) is 0.737. The van der Waals surface area contributed by atoms with Gasteiger partial charge in [-0.25, -0.2) is 4.98 Å². The van der Waals surface area contributed by atoms with Gasteiger partial charge in [0.25, 0.3) is 0 Å². The first-order valence-corrected chi connectivity index (χ1v) is 9.78. The largest absolute Gasteiger partial charge is 0.345 e. The monoisotopic (exact) mass is 388 g/mol. The number of carbonyl (C=O) groups is 2. The summed E-state index contributed by atoms with van der Waals surface area (Å²) in [5.41, 5.74) is 3.57. The molecule has 0 aliphatic carbocycles. The van der Waals surface area contributed by atoms with Gasteiger partial charge in [0.1, 0.15) is 6.04 Å². The Balaban J connectivity index is 2.10. The summed E-state index contributed by atoms with van der Waals surface area (Å²) in [4.78, 5) is 28.9. The lowest BCUT2D eigenvalue weighted by Crippen LogP contribution is -2.46. The van der Waals surface area contributed by atoms with Gasteiger partial charge in [0.05, 0.1) is 5.69 Å². The lowest BCUT2D eigenvalue weighted by atomic mass is 9.95. The number of rotatable bonds is 6. The minimum atomic E-state index is -0.637. The molecule has 27 heavy (non-hydrogen) atoms. The standard InChI is InChI=1S/C20H28N4O2S/c1-8-9-24-12(2)10-15(14(24)4)16-11-27-19(22-16)23-17(25)13(3)21-18(26)20(5,6)7/h8,10-11,13H,1,9H2,2-7H3,(H,21,26)(H,22,23,25)/t13-/m1/s1. The van der Waals surface area contributed by atoms with Gasteiger partial charge in [0, 0.05) is 34.3 Å².